The van der Waals surface area contributed by atoms with Crippen LogP contribution in [-0.2, 0) is 14.4 Å². The summed E-state index contributed by atoms with van der Waals surface area (Å²) in [7, 11) is 0. The third kappa shape index (κ3) is 15.5. The molecule has 1 aromatic rings. The van der Waals surface area contributed by atoms with Crippen LogP contribution in [0.1, 0.15) is 32.6 Å². The highest BCUT2D eigenvalue weighted by atomic mass is 79.9. The van der Waals surface area contributed by atoms with E-state index in [1.54, 1.807) is 31.2 Å². The van der Waals surface area contributed by atoms with Gasteiger partial charge in [-0.1, -0.05) is 22.9 Å². The highest BCUT2D eigenvalue weighted by Gasteiger charge is 2.19. The number of carbonyl (C=O) groups excluding carboxylic acids is 2. The van der Waals surface area contributed by atoms with Crippen LogP contribution in [0, 0.1) is 0 Å². The Morgan fingerprint density at radius 1 is 0.906 bits per heavy atom. The van der Waals surface area contributed by atoms with E-state index >= 15 is 0 Å². The van der Waals surface area contributed by atoms with E-state index in [1.165, 1.54) is 0 Å². The van der Waals surface area contributed by atoms with Crippen molar-refractivity contribution >= 4 is 51.6 Å². The quantitative estimate of drug-likeness (QED) is 0.216. The first-order valence-corrected chi connectivity index (χ1v) is 10.4. The molecule has 0 radical (unpaired) electrons. The summed E-state index contributed by atoms with van der Waals surface area (Å²) in [6, 6.07) is 4.68. The molecule has 4 amide bonds. The maximum absolute atomic E-state index is 11.7. The predicted molar refractivity (Wildman–Crippen MR) is 119 cm³/mol. The Labute approximate surface area is 192 Å². The summed E-state index contributed by atoms with van der Waals surface area (Å²) < 4.78 is 0.895. The van der Waals surface area contributed by atoms with E-state index in [0.29, 0.717) is 25.1 Å². The third-order valence-corrected chi connectivity index (χ3v) is 4.14. The molecule has 0 saturated heterocycles. The predicted octanol–water partition coefficient (Wildman–Crippen LogP) is 2.06. The molecule has 0 bridgehead atoms. The Morgan fingerprint density at radius 3 is 2.00 bits per heavy atom. The zero-order chi connectivity index (χ0) is 24.5. The molecule has 7 N–H and O–H groups in total. The average molecular weight is 519 g/mol. The van der Waals surface area contributed by atoms with Crippen LogP contribution in [0.4, 0.5) is 15.3 Å². The van der Waals surface area contributed by atoms with Crippen LogP contribution in [0.2, 0.25) is 0 Å². The maximum atomic E-state index is 11.7. The van der Waals surface area contributed by atoms with Crippen LogP contribution in [0.3, 0.4) is 0 Å². The topological polar surface area (TPSA) is 194 Å². The van der Waals surface area contributed by atoms with Gasteiger partial charge in [-0.3, -0.25) is 9.59 Å². The van der Waals surface area contributed by atoms with Crippen molar-refractivity contribution in [3.63, 3.8) is 0 Å². The number of carbonyl (C=O) groups is 5. The molecular formula is C19H27BrN4O8. The molecule has 1 rings (SSSR count). The lowest BCUT2D eigenvalue weighted by Gasteiger charge is -2.14. The van der Waals surface area contributed by atoms with E-state index in [4.69, 9.17) is 15.3 Å². The molecule has 32 heavy (non-hydrogen) atoms. The molecule has 0 aliphatic carbocycles. The number of halogens is 1. The van der Waals surface area contributed by atoms with Crippen molar-refractivity contribution < 1.29 is 39.3 Å². The van der Waals surface area contributed by atoms with Gasteiger partial charge in [0.1, 0.15) is 12.6 Å². The molecule has 12 nitrogen and oxygen atoms in total. The minimum atomic E-state index is -1.23. The monoisotopic (exact) mass is 518 g/mol. The molecule has 0 heterocycles. The first-order valence-electron chi connectivity index (χ1n) is 9.56. The number of hydrogen-bond donors (Lipinski definition) is 7. The molecule has 1 atom stereocenters. The fraction of sp³-hybridized carbons (Fsp3) is 0.421. The van der Waals surface area contributed by atoms with Crippen LogP contribution in [0.15, 0.2) is 28.7 Å². The summed E-state index contributed by atoms with van der Waals surface area (Å²) in [5, 5.41) is 34.8. The molecule has 1 aromatic carbocycles. The second kappa shape index (κ2) is 16.4. The van der Waals surface area contributed by atoms with Gasteiger partial charge in [0.2, 0.25) is 0 Å². The lowest BCUT2D eigenvalue weighted by molar-refractivity contribution is -0.139. The Morgan fingerprint density at radius 2 is 1.50 bits per heavy atom. The standard InChI is InChI=1S/C16H21BrN4O6.C3H6O2/c17-10-4-6-11(7-5-10)20-15(26)18-8-2-1-3-12(14(24)25)21-16(27)19-9-13(22)23;1-2-3(4)5/h4-7,12H,1-3,8-9H2,(H,22,23)(H,24,25)(H2,18,20,26)(H2,19,21,27);2H2,1H3,(H,4,5). The number of carboxylic acid groups (broad SMARTS) is 3. The van der Waals surface area contributed by atoms with Gasteiger partial charge in [0.05, 0.1) is 0 Å². The Hall–Kier alpha value is -3.35. The van der Waals surface area contributed by atoms with Gasteiger partial charge in [0.25, 0.3) is 0 Å². The van der Waals surface area contributed by atoms with Gasteiger partial charge < -0.3 is 36.6 Å². The Kier molecular flexibility index (Phi) is 14.6. The van der Waals surface area contributed by atoms with Gasteiger partial charge >= 0.3 is 30.0 Å². The number of benzene rings is 1. The molecule has 0 aliphatic heterocycles. The smallest absolute Gasteiger partial charge is 0.326 e. The van der Waals surface area contributed by atoms with Gasteiger partial charge in [-0.25, -0.2) is 14.4 Å². The summed E-state index contributed by atoms with van der Waals surface area (Å²) in [6.07, 6.45) is 1.32. The number of hydrogen-bond acceptors (Lipinski definition) is 5. The Bertz CT molecular complexity index is 773. The fourth-order valence-electron chi connectivity index (χ4n) is 2.01. The van der Waals surface area contributed by atoms with Crippen LogP contribution in [0.5, 0.6) is 0 Å². The Balaban J connectivity index is 0.00000172. The zero-order valence-electron chi connectivity index (χ0n) is 17.4. The summed E-state index contributed by atoms with van der Waals surface area (Å²) in [6.45, 7) is 1.33. The van der Waals surface area contributed by atoms with E-state index in [0.717, 1.165) is 4.47 Å². The van der Waals surface area contributed by atoms with Gasteiger partial charge in [-0.05, 0) is 43.5 Å². The van der Waals surface area contributed by atoms with Crippen molar-refractivity contribution in [1.29, 1.82) is 0 Å². The third-order valence-electron chi connectivity index (χ3n) is 3.61. The minimum Gasteiger partial charge on any atom is -0.481 e. The fourth-order valence-corrected chi connectivity index (χ4v) is 2.27. The van der Waals surface area contributed by atoms with Crippen molar-refractivity contribution in [3.05, 3.63) is 28.7 Å². The number of amides is 4. The van der Waals surface area contributed by atoms with Crippen molar-refractivity contribution in [2.75, 3.05) is 18.4 Å². The van der Waals surface area contributed by atoms with E-state index in [1.807, 2.05) is 5.32 Å². The summed E-state index contributed by atoms with van der Waals surface area (Å²) in [4.78, 5) is 54.0. The van der Waals surface area contributed by atoms with Gasteiger partial charge in [0, 0.05) is 23.1 Å². The molecule has 0 aliphatic rings. The number of aliphatic carboxylic acids is 3. The molecule has 1 unspecified atom stereocenters. The van der Waals surface area contributed by atoms with E-state index in [2.05, 4.69) is 31.9 Å². The van der Waals surface area contributed by atoms with Crippen LogP contribution in [-0.4, -0.2) is 64.4 Å². The van der Waals surface area contributed by atoms with Crippen LogP contribution < -0.4 is 21.3 Å². The van der Waals surface area contributed by atoms with Crippen molar-refractivity contribution in [2.45, 2.75) is 38.6 Å². The highest BCUT2D eigenvalue weighted by molar-refractivity contribution is 9.10. The molecule has 13 heteroatoms. The average Bonchev–Trinajstić information content (AvgIpc) is 2.73. The van der Waals surface area contributed by atoms with Crippen LogP contribution >= 0.6 is 15.9 Å². The molecule has 0 spiro atoms. The zero-order valence-corrected chi connectivity index (χ0v) is 19.0. The van der Waals surface area contributed by atoms with Crippen molar-refractivity contribution in [1.82, 2.24) is 16.0 Å². The van der Waals surface area contributed by atoms with E-state index in [9.17, 15) is 24.0 Å². The lowest BCUT2D eigenvalue weighted by atomic mass is 10.1. The van der Waals surface area contributed by atoms with Crippen molar-refractivity contribution in [3.8, 4) is 0 Å². The maximum Gasteiger partial charge on any atom is 0.326 e. The van der Waals surface area contributed by atoms with Crippen LogP contribution in [0.25, 0.3) is 0 Å². The molecule has 0 fully saturated rings. The SMILES string of the molecule is CCC(=O)O.O=C(O)CNC(=O)NC(CCCCNC(=O)Nc1ccc(Br)cc1)C(=O)O. The summed E-state index contributed by atoms with van der Waals surface area (Å²) >= 11 is 3.30. The number of nitrogens with one attached hydrogen (secondary N) is 4. The number of urea groups is 2. The molecule has 0 saturated carbocycles. The first kappa shape index (κ1) is 28.6. The van der Waals surface area contributed by atoms with E-state index < -0.39 is 36.5 Å². The van der Waals surface area contributed by atoms with Gasteiger partial charge in [0.15, 0.2) is 0 Å². The molecular weight excluding hydrogens is 492 g/mol. The van der Waals surface area contributed by atoms with Gasteiger partial charge in [-0.15, -0.1) is 0 Å². The molecule has 0 aromatic heterocycles. The van der Waals surface area contributed by atoms with Crippen molar-refractivity contribution in [2.24, 2.45) is 0 Å². The second-order valence-corrected chi connectivity index (χ2v) is 7.16. The first-order chi connectivity index (χ1) is 15.0. The van der Waals surface area contributed by atoms with Gasteiger partial charge in [-0.2, -0.15) is 0 Å². The largest absolute Gasteiger partial charge is 0.481 e. The minimum absolute atomic E-state index is 0.145. The summed E-state index contributed by atoms with van der Waals surface area (Å²) in [5.41, 5.74) is 0.637. The number of unbranched alkanes of at least 4 members (excludes halogenated alkanes) is 1. The normalized spacial score (nSPS) is 10.6. The number of rotatable bonds is 11. The second-order valence-electron chi connectivity index (χ2n) is 6.24. The van der Waals surface area contributed by atoms with E-state index in [-0.39, 0.29) is 18.9 Å². The number of carboxylic acids is 3. The lowest BCUT2D eigenvalue weighted by Crippen LogP contribution is -2.47. The number of anilines is 1. The highest BCUT2D eigenvalue weighted by Crippen LogP contribution is 2.13. The molecule has 178 valence electrons. The summed E-state index contributed by atoms with van der Waals surface area (Å²) in [5.74, 6) is -3.20.